The summed E-state index contributed by atoms with van der Waals surface area (Å²) in [6.07, 6.45) is 0. The predicted octanol–water partition coefficient (Wildman–Crippen LogP) is 2.32. The molecule has 1 heterocycles. The summed E-state index contributed by atoms with van der Waals surface area (Å²) >= 11 is 1.12. The fourth-order valence-corrected chi connectivity index (χ4v) is 2.21. The molecule has 0 unspecified atom stereocenters. The summed E-state index contributed by atoms with van der Waals surface area (Å²) in [5.41, 5.74) is 6.22. The van der Waals surface area contributed by atoms with Crippen LogP contribution in [-0.4, -0.2) is 18.1 Å². The van der Waals surface area contributed by atoms with Crippen molar-refractivity contribution in [1.82, 2.24) is 4.98 Å². The molecular weight excluding hydrogens is 243 g/mol. The minimum absolute atomic E-state index is 0.112. The number of nitrogen functional groups attached to an aromatic ring is 1. The second-order valence-corrected chi connectivity index (χ2v) is 4.26. The van der Waals surface area contributed by atoms with E-state index in [-0.39, 0.29) is 16.6 Å². The van der Waals surface area contributed by atoms with Crippen molar-refractivity contribution in [3.63, 3.8) is 0 Å². The van der Waals surface area contributed by atoms with Crippen LogP contribution in [-0.2, 0) is 4.74 Å². The highest BCUT2D eigenvalue weighted by molar-refractivity contribution is 7.19. The third kappa shape index (κ3) is 2.26. The molecule has 1 aromatic heterocycles. The summed E-state index contributed by atoms with van der Waals surface area (Å²) in [6.45, 7) is 0. The maximum atomic E-state index is 13.1. The molecule has 0 bridgehead atoms. The second kappa shape index (κ2) is 4.50. The lowest BCUT2D eigenvalue weighted by atomic mass is 10.1. The van der Waals surface area contributed by atoms with Crippen LogP contribution < -0.4 is 5.73 Å². The number of aromatic nitrogens is 1. The molecule has 0 aliphatic rings. The Balaban J connectivity index is 2.55. The highest BCUT2D eigenvalue weighted by Gasteiger charge is 2.19. The van der Waals surface area contributed by atoms with Crippen molar-refractivity contribution < 1.29 is 13.9 Å². The Morgan fingerprint density at radius 2 is 2.29 bits per heavy atom. The minimum Gasteiger partial charge on any atom is -0.464 e. The number of halogens is 1. The molecule has 17 heavy (non-hydrogen) atoms. The average molecular weight is 252 g/mol. The zero-order valence-electron chi connectivity index (χ0n) is 8.94. The molecule has 0 aliphatic carbocycles. The number of hydrogen-bond donors (Lipinski definition) is 1. The van der Waals surface area contributed by atoms with Gasteiger partial charge in [-0.15, -0.1) is 0 Å². The third-order valence-electron chi connectivity index (χ3n) is 2.11. The smallest absolute Gasteiger partial charge is 0.358 e. The van der Waals surface area contributed by atoms with E-state index in [9.17, 15) is 9.18 Å². The predicted molar refractivity (Wildman–Crippen MR) is 63.3 cm³/mol. The van der Waals surface area contributed by atoms with Crippen LogP contribution in [0.15, 0.2) is 24.3 Å². The van der Waals surface area contributed by atoms with Gasteiger partial charge < -0.3 is 10.5 Å². The Morgan fingerprint density at radius 1 is 1.53 bits per heavy atom. The number of benzene rings is 1. The van der Waals surface area contributed by atoms with Crippen molar-refractivity contribution in [2.45, 2.75) is 0 Å². The minimum atomic E-state index is -0.586. The lowest BCUT2D eigenvalue weighted by molar-refractivity contribution is 0.0596. The quantitative estimate of drug-likeness (QED) is 0.833. The normalized spacial score (nSPS) is 10.2. The van der Waals surface area contributed by atoms with Crippen molar-refractivity contribution in [2.75, 3.05) is 12.8 Å². The third-order valence-corrected chi connectivity index (χ3v) is 3.04. The largest absolute Gasteiger partial charge is 0.464 e. The van der Waals surface area contributed by atoms with E-state index < -0.39 is 5.97 Å². The first-order valence-corrected chi connectivity index (χ1v) is 5.54. The van der Waals surface area contributed by atoms with Crippen molar-refractivity contribution >= 4 is 22.4 Å². The maximum Gasteiger partial charge on any atom is 0.358 e. The molecule has 2 N–H and O–H groups in total. The summed E-state index contributed by atoms with van der Waals surface area (Å²) in [5, 5.41) is 0.240. The Kier molecular flexibility index (Phi) is 3.06. The molecule has 1 aromatic carbocycles. The van der Waals surface area contributed by atoms with Crippen LogP contribution in [0.4, 0.5) is 9.52 Å². The first kappa shape index (κ1) is 11.5. The summed E-state index contributed by atoms with van der Waals surface area (Å²) < 4.78 is 17.7. The monoisotopic (exact) mass is 252 g/mol. The molecule has 0 saturated heterocycles. The van der Waals surface area contributed by atoms with Gasteiger partial charge in [-0.2, -0.15) is 0 Å². The topological polar surface area (TPSA) is 65.2 Å². The van der Waals surface area contributed by atoms with Gasteiger partial charge in [0, 0.05) is 0 Å². The van der Waals surface area contributed by atoms with Crippen molar-refractivity contribution in [1.29, 1.82) is 0 Å². The number of carbonyl (C=O) groups is 1. The summed E-state index contributed by atoms with van der Waals surface area (Å²) in [5.74, 6) is -0.970. The molecule has 2 aromatic rings. The molecule has 0 amide bonds. The number of ether oxygens (including phenoxy) is 1. The number of nitrogens with two attached hydrogens (primary N) is 1. The van der Waals surface area contributed by atoms with E-state index in [2.05, 4.69) is 9.72 Å². The number of thiazole rings is 1. The molecule has 2 rings (SSSR count). The molecule has 0 saturated carbocycles. The molecule has 0 aliphatic heterocycles. The summed E-state index contributed by atoms with van der Waals surface area (Å²) in [6, 6.07) is 5.88. The summed E-state index contributed by atoms with van der Waals surface area (Å²) in [7, 11) is 1.26. The van der Waals surface area contributed by atoms with E-state index >= 15 is 0 Å². The lowest BCUT2D eigenvalue weighted by Crippen LogP contribution is -2.03. The van der Waals surface area contributed by atoms with E-state index in [1.807, 2.05) is 0 Å². The van der Waals surface area contributed by atoms with Gasteiger partial charge in [0.25, 0.3) is 0 Å². The van der Waals surface area contributed by atoms with Crippen molar-refractivity contribution in [3.8, 4) is 10.4 Å². The van der Waals surface area contributed by atoms with Gasteiger partial charge in [-0.3, -0.25) is 0 Å². The Hall–Kier alpha value is -1.95. The van der Waals surface area contributed by atoms with E-state index in [1.54, 1.807) is 12.1 Å². The highest BCUT2D eigenvalue weighted by Crippen LogP contribution is 2.32. The number of esters is 1. The number of rotatable bonds is 2. The van der Waals surface area contributed by atoms with Gasteiger partial charge in [0.1, 0.15) is 5.82 Å². The first-order valence-electron chi connectivity index (χ1n) is 4.72. The fraction of sp³-hybridized carbons (Fsp3) is 0.0909. The van der Waals surface area contributed by atoms with Gasteiger partial charge in [-0.25, -0.2) is 14.2 Å². The molecule has 88 valence electrons. The molecule has 6 heteroatoms. The summed E-state index contributed by atoms with van der Waals surface area (Å²) in [4.78, 5) is 15.9. The molecule has 4 nitrogen and oxygen atoms in total. The molecule has 0 spiro atoms. The van der Waals surface area contributed by atoms with E-state index in [0.717, 1.165) is 11.3 Å². The number of hydrogen-bond acceptors (Lipinski definition) is 5. The van der Waals surface area contributed by atoms with Crippen LogP contribution in [0.1, 0.15) is 10.5 Å². The Labute approximate surface area is 101 Å². The van der Waals surface area contributed by atoms with Gasteiger partial charge in [0.15, 0.2) is 10.8 Å². The molecule has 0 radical (unpaired) electrons. The van der Waals surface area contributed by atoms with E-state index in [0.29, 0.717) is 10.4 Å². The average Bonchev–Trinajstić information content (AvgIpc) is 2.70. The Morgan fingerprint density at radius 3 is 2.94 bits per heavy atom. The number of nitrogens with zero attached hydrogens (tertiary/aromatic N) is 1. The van der Waals surface area contributed by atoms with Crippen LogP contribution in [0.5, 0.6) is 0 Å². The van der Waals surface area contributed by atoms with E-state index in [4.69, 9.17) is 5.73 Å². The Bertz CT molecular complexity index is 568. The second-order valence-electron chi connectivity index (χ2n) is 3.23. The van der Waals surface area contributed by atoms with Crippen molar-refractivity contribution in [3.05, 3.63) is 35.8 Å². The van der Waals surface area contributed by atoms with Crippen LogP contribution in [0.2, 0.25) is 0 Å². The van der Waals surface area contributed by atoms with Gasteiger partial charge in [-0.1, -0.05) is 23.5 Å². The van der Waals surface area contributed by atoms with Crippen LogP contribution in [0, 0.1) is 5.82 Å². The SMILES string of the molecule is COC(=O)c1nc(N)sc1-c1cccc(F)c1. The fourth-order valence-electron chi connectivity index (χ4n) is 1.40. The van der Waals surface area contributed by atoms with Gasteiger partial charge >= 0.3 is 5.97 Å². The van der Waals surface area contributed by atoms with E-state index in [1.165, 1.54) is 19.2 Å². The standard InChI is InChI=1S/C11H9FN2O2S/c1-16-10(15)8-9(17-11(13)14-8)6-3-2-4-7(12)5-6/h2-5H,1H3,(H2,13,14). The number of anilines is 1. The highest BCUT2D eigenvalue weighted by atomic mass is 32.1. The van der Waals surface area contributed by atoms with Crippen LogP contribution in [0.3, 0.4) is 0 Å². The number of carbonyl (C=O) groups excluding carboxylic acids is 1. The molecule has 0 atom stereocenters. The number of methoxy groups -OCH3 is 1. The van der Waals surface area contributed by atoms with Gasteiger partial charge in [0.05, 0.1) is 12.0 Å². The molecule has 0 fully saturated rings. The van der Waals surface area contributed by atoms with Gasteiger partial charge in [-0.05, 0) is 17.7 Å². The van der Waals surface area contributed by atoms with Crippen LogP contribution >= 0.6 is 11.3 Å². The zero-order valence-corrected chi connectivity index (χ0v) is 9.75. The maximum absolute atomic E-state index is 13.1. The van der Waals surface area contributed by atoms with Crippen molar-refractivity contribution in [2.24, 2.45) is 0 Å². The lowest BCUT2D eigenvalue weighted by Gasteiger charge is -2.00. The zero-order chi connectivity index (χ0) is 12.4. The van der Waals surface area contributed by atoms with Gasteiger partial charge in [0.2, 0.25) is 0 Å². The first-order chi connectivity index (χ1) is 8.11. The molecular formula is C11H9FN2O2S. The van der Waals surface area contributed by atoms with Crippen LogP contribution in [0.25, 0.3) is 10.4 Å².